The Labute approximate surface area is 273 Å². The molecular weight excluding hydrogens is 596 g/mol. The molecule has 0 saturated carbocycles. The van der Waals surface area contributed by atoms with E-state index in [0.29, 0.717) is 42.2 Å². The van der Waals surface area contributed by atoms with Crippen LogP contribution in [0.3, 0.4) is 0 Å². The number of aliphatic carboxylic acids is 2. The highest BCUT2D eigenvalue weighted by Crippen LogP contribution is 2.43. The van der Waals surface area contributed by atoms with Crippen molar-refractivity contribution >= 4 is 57.1 Å². The summed E-state index contributed by atoms with van der Waals surface area (Å²) in [6.07, 6.45) is 2.58. The maximum Gasteiger partial charge on any atom is 0.338 e. The first-order chi connectivity index (χ1) is 22.4. The van der Waals surface area contributed by atoms with Crippen molar-refractivity contribution in [2.75, 3.05) is 13.1 Å². The van der Waals surface area contributed by atoms with Crippen LogP contribution in [0, 0.1) is 13.8 Å². The van der Waals surface area contributed by atoms with E-state index in [1.54, 1.807) is 6.92 Å². The number of carboxylic acids is 2. The molecule has 0 aliphatic carbocycles. The van der Waals surface area contributed by atoms with Gasteiger partial charge in [0.2, 0.25) is 5.91 Å². The van der Waals surface area contributed by atoms with Crippen molar-refractivity contribution in [2.45, 2.75) is 72.1 Å². The van der Waals surface area contributed by atoms with Gasteiger partial charge in [-0.1, -0.05) is 26.5 Å². The molecular formula is C36H42N6O5. The second-order valence-electron chi connectivity index (χ2n) is 12.2. The number of carbonyl (C=O) groups is 3. The largest absolute Gasteiger partial charge is 0.481 e. The van der Waals surface area contributed by atoms with Crippen LogP contribution >= 0.6 is 0 Å². The Kier molecular flexibility index (Phi) is 9.48. The molecule has 47 heavy (non-hydrogen) atoms. The Morgan fingerprint density at radius 1 is 1.00 bits per heavy atom. The van der Waals surface area contributed by atoms with Gasteiger partial charge < -0.3 is 31.2 Å². The molecule has 7 N–H and O–H groups in total. The van der Waals surface area contributed by atoms with Gasteiger partial charge in [0, 0.05) is 70.2 Å². The van der Waals surface area contributed by atoms with Crippen molar-refractivity contribution in [1.29, 1.82) is 0 Å². The summed E-state index contributed by atoms with van der Waals surface area (Å²) in [5.41, 5.74) is 15.2. The quantitative estimate of drug-likeness (QED) is 0.167. The van der Waals surface area contributed by atoms with Crippen LogP contribution in [0.2, 0.25) is 0 Å². The average molecular weight is 639 g/mol. The summed E-state index contributed by atoms with van der Waals surface area (Å²) >= 11 is 0. The summed E-state index contributed by atoms with van der Waals surface area (Å²) in [6.45, 7) is 14.5. The summed E-state index contributed by atoms with van der Waals surface area (Å²) in [7, 11) is 0. The number of carbonyl (C=O) groups excluding carboxylic acids is 1. The van der Waals surface area contributed by atoms with Crippen LogP contribution in [0.5, 0.6) is 0 Å². The van der Waals surface area contributed by atoms with Gasteiger partial charge in [0.1, 0.15) is 0 Å². The number of nitrogens with zero attached hydrogens (tertiary/aromatic N) is 2. The van der Waals surface area contributed by atoms with Crippen molar-refractivity contribution < 1.29 is 24.6 Å². The highest BCUT2D eigenvalue weighted by atomic mass is 16.4. The van der Waals surface area contributed by atoms with E-state index < -0.39 is 18.4 Å². The second-order valence-corrected chi connectivity index (χ2v) is 12.2. The molecule has 0 saturated heterocycles. The number of amides is 1. The predicted octanol–water partition coefficient (Wildman–Crippen LogP) is 5.52. The van der Waals surface area contributed by atoms with Crippen LogP contribution in [-0.2, 0) is 27.2 Å². The molecule has 2 unspecified atom stereocenters. The Hall–Kier alpha value is -5.03. The molecule has 8 bridgehead atoms. The minimum Gasteiger partial charge on any atom is -0.481 e. The Morgan fingerprint density at radius 2 is 1.70 bits per heavy atom. The predicted molar refractivity (Wildman–Crippen MR) is 184 cm³/mol. The number of aryl methyl sites for hydroxylation is 3. The number of aromatic amines is 2. The number of nitrogens with two attached hydrogens (primary N) is 1. The lowest BCUT2D eigenvalue weighted by atomic mass is 9.84. The maximum absolute atomic E-state index is 12.8. The topological polar surface area (TPSA) is 187 Å². The van der Waals surface area contributed by atoms with Crippen molar-refractivity contribution in [3.8, 4) is 0 Å². The fourth-order valence-electron chi connectivity index (χ4n) is 6.83. The number of H-pyrrole nitrogens is 2. The third-order valence-electron chi connectivity index (χ3n) is 9.42. The van der Waals surface area contributed by atoms with Gasteiger partial charge in [0.25, 0.3) is 0 Å². The van der Waals surface area contributed by atoms with Crippen LogP contribution in [0.1, 0.15) is 96.0 Å². The molecule has 246 valence electrons. The molecule has 1 amide bonds. The average Bonchev–Trinajstić information content (AvgIpc) is 3.70. The van der Waals surface area contributed by atoms with Gasteiger partial charge in [-0.25, -0.2) is 9.78 Å². The normalized spacial score (nSPS) is 16.0. The minimum atomic E-state index is -1.20. The van der Waals surface area contributed by atoms with Crippen LogP contribution in [-0.4, -0.2) is 61.1 Å². The molecule has 2 aliphatic heterocycles. The SMILES string of the molecule is C=Cc1c(C)c2cc3nc(c(CC(=O)O)c4nc(cc5[nH]c(cc1[nH]2)c(C)c5CC)C(C)=C4C(=O)O)C(CCC(=O)NCCN)C3C. The molecule has 11 heteroatoms. The first kappa shape index (κ1) is 33.3. The van der Waals surface area contributed by atoms with Gasteiger partial charge in [0.05, 0.1) is 29.1 Å². The smallest absolute Gasteiger partial charge is 0.338 e. The van der Waals surface area contributed by atoms with E-state index in [1.807, 2.05) is 39.0 Å². The monoisotopic (exact) mass is 638 g/mol. The maximum atomic E-state index is 12.8. The number of allylic oxidation sites excluding steroid dienone is 1. The van der Waals surface area contributed by atoms with Crippen molar-refractivity contribution in [3.63, 3.8) is 0 Å². The number of nitrogens with one attached hydrogen (secondary N) is 3. The summed E-state index contributed by atoms with van der Waals surface area (Å²) in [5, 5.41) is 23.3. The molecule has 5 heterocycles. The van der Waals surface area contributed by atoms with E-state index in [4.69, 9.17) is 15.7 Å². The van der Waals surface area contributed by atoms with E-state index in [1.165, 1.54) is 0 Å². The van der Waals surface area contributed by atoms with Gasteiger partial charge in [0.15, 0.2) is 0 Å². The molecule has 0 aromatic carbocycles. The highest BCUT2D eigenvalue weighted by molar-refractivity contribution is 6.24. The zero-order valence-corrected chi connectivity index (χ0v) is 27.5. The van der Waals surface area contributed by atoms with Crippen molar-refractivity contribution in [3.05, 3.63) is 75.4 Å². The lowest BCUT2D eigenvalue weighted by Crippen LogP contribution is -2.29. The summed E-state index contributed by atoms with van der Waals surface area (Å²) < 4.78 is 0. The number of hydrogen-bond donors (Lipinski definition) is 6. The van der Waals surface area contributed by atoms with E-state index in [2.05, 4.69) is 34.9 Å². The molecule has 11 nitrogen and oxygen atoms in total. The third-order valence-corrected chi connectivity index (χ3v) is 9.42. The lowest BCUT2D eigenvalue weighted by Gasteiger charge is -2.18. The molecule has 2 atom stereocenters. The molecule has 3 aromatic heterocycles. The number of carboxylic acid groups (broad SMARTS) is 2. The summed E-state index contributed by atoms with van der Waals surface area (Å²) in [5.74, 6) is -3.11. The minimum absolute atomic E-state index is 0.0581. The van der Waals surface area contributed by atoms with Gasteiger partial charge in [-0.3, -0.25) is 14.6 Å². The highest BCUT2D eigenvalue weighted by Gasteiger charge is 2.35. The summed E-state index contributed by atoms with van der Waals surface area (Å²) in [4.78, 5) is 54.8. The van der Waals surface area contributed by atoms with E-state index in [-0.39, 0.29) is 41.0 Å². The standard InChI is InChI=1S/C36H42N6O5/c1-7-21-17(3)25-14-27-19(5)23(9-10-31(43)38-12-11-37)34(41-27)24(13-32(44)45)35-33(36(46)47)20(6)28(42-35)16-30-22(8-2)18(4)26(40-30)15-29(21)39-25/h7,14-16,19,23,39-40H,1,8-13,37H2,2-6H3,(H,38,43)(H,44,45)(H,46,47). The summed E-state index contributed by atoms with van der Waals surface area (Å²) in [6, 6.07) is 5.84. The first-order valence-corrected chi connectivity index (χ1v) is 15.9. The number of aromatic nitrogens is 4. The fraction of sp³-hybridized carbons (Fsp3) is 0.361. The lowest BCUT2D eigenvalue weighted by molar-refractivity contribution is -0.136. The van der Waals surface area contributed by atoms with E-state index in [9.17, 15) is 24.6 Å². The van der Waals surface area contributed by atoms with E-state index in [0.717, 1.165) is 50.7 Å². The Morgan fingerprint density at radius 3 is 2.34 bits per heavy atom. The van der Waals surface area contributed by atoms with Gasteiger partial charge in [-0.2, -0.15) is 0 Å². The molecule has 0 radical (unpaired) electrons. The van der Waals surface area contributed by atoms with Crippen molar-refractivity contribution in [2.24, 2.45) is 5.73 Å². The van der Waals surface area contributed by atoms with E-state index >= 15 is 0 Å². The number of rotatable bonds is 10. The second kappa shape index (κ2) is 13.4. The Balaban J connectivity index is 1.95. The number of hydrogen-bond acceptors (Lipinski definition) is 6. The van der Waals surface area contributed by atoms with Crippen LogP contribution in [0.25, 0.3) is 39.3 Å². The number of fused-ring (bicyclic) bond motifs is 8. The molecule has 5 rings (SSSR count). The molecule has 0 fully saturated rings. The van der Waals surface area contributed by atoms with Gasteiger partial charge in [-0.05, 0) is 74.1 Å². The van der Waals surface area contributed by atoms with Crippen LogP contribution < -0.4 is 11.1 Å². The molecule has 3 aromatic rings. The van der Waals surface area contributed by atoms with Gasteiger partial charge in [-0.15, -0.1) is 0 Å². The van der Waals surface area contributed by atoms with Crippen LogP contribution in [0.4, 0.5) is 0 Å². The molecule has 2 aliphatic rings. The zero-order valence-electron chi connectivity index (χ0n) is 27.5. The zero-order chi connectivity index (χ0) is 34.2. The molecule has 0 spiro atoms. The first-order valence-electron chi connectivity index (χ1n) is 15.9. The van der Waals surface area contributed by atoms with Crippen molar-refractivity contribution in [1.82, 2.24) is 25.3 Å². The van der Waals surface area contributed by atoms with Crippen LogP contribution in [0.15, 0.2) is 24.8 Å². The fourth-order valence-corrected chi connectivity index (χ4v) is 6.83. The Bertz CT molecular complexity index is 2000. The third kappa shape index (κ3) is 6.23. The van der Waals surface area contributed by atoms with Gasteiger partial charge >= 0.3 is 11.9 Å².